The van der Waals surface area contributed by atoms with Crippen LogP contribution in [0, 0.1) is 11.6 Å². The zero-order chi connectivity index (χ0) is 14.7. The molecular weight excluding hydrogens is 305 g/mol. The van der Waals surface area contributed by atoms with Crippen molar-refractivity contribution in [1.29, 1.82) is 0 Å². The van der Waals surface area contributed by atoms with Crippen LogP contribution < -0.4 is 11.3 Å². The number of hydrazine groups is 1. The third kappa shape index (κ3) is 3.46. The second kappa shape index (κ2) is 6.50. The van der Waals surface area contributed by atoms with Gasteiger partial charge in [0.25, 0.3) is 0 Å². The van der Waals surface area contributed by atoms with E-state index in [1.165, 1.54) is 24.3 Å². The molecule has 3 N–H and O–H groups in total. The first-order valence-electron chi connectivity index (χ1n) is 5.86. The lowest BCUT2D eigenvalue weighted by atomic mass is 9.99. The highest BCUT2D eigenvalue weighted by Crippen LogP contribution is 2.28. The number of nitrogens with one attached hydrogen (secondary N) is 1. The number of benzene rings is 2. The number of halogens is 4. The van der Waals surface area contributed by atoms with Crippen molar-refractivity contribution in [3.8, 4) is 0 Å². The molecule has 2 aromatic carbocycles. The molecule has 20 heavy (non-hydrogen) atoms. The first-order chi connectivity index (χ1) is 9.51. The average molecular weight is 317 g/mol. The van der Waals surface area contributed by atoms with Gasteiger partial charge in [-0.25, -0.2) is 8.78 Å². The molecule has 0 amide bonds. The standard InChI is InChI=1S/C14H12Cl2F2N2/c15-12-6-9(17)2-1-8(12)5-14(20-19)11-4-3-10(18)7-13(11)16/h1-4,6-7,14,20H,5,19H2. The molecule has 0 saturated carbocycles. The predicted octanol–water partition coefficient (Wildman–Crippen LogP) is 4.02. The maximum Gasteiger partial charge on any atom is 0.124 e. The molecule has 0 bridgehead atoms. The van der Waals surface area contributed by atoms with E-state index in [2.05, 4.69) is 5.43 Å². The van der Waals surface area contributed by atoms with Crippen LogP contribution >= 0.6 is 23.2 Å². The minimum absolute atomic E-state index is 0.270. The van der Waals surface area contributed by atoms with Gasteiger partial charge in [-0.1, -0.05) is 35.3 Å². The number of hydrogen-bond acceptors (Lipinski definition) is 2. The van der Waals surface area contributed by atoms with Gasteiger partial charge in [-0.2, -0.15) is 0 Å². The summed E-state index contributed by atoms with van der Waals surface area (Å²) in [5.74, 6) is 4.69. The van der Waals surface area contributed by atoms with Crippen molar-refractivity contribution in [3.05, 3.63) is 69.2 Å². The molecule has 0 aliphatic heterocycles. The molecule has 0 spiro atoms. The average Bonchev–Trinajstić information content (AvgIpc) is 2.39. The van der Waals surface area contributed by atoms with Gasteiger partial charge in [0.1, 0.15) is 11.6 Å². The maximum atomic E-state index is 13.1. The quantitative estimate of drug-likeness (QED) is 0.660. The highest BCUT2D eigenvalue weighted by molar-refractivity contribution is 6.31. The van der Waals surface area contributed by atoms with Crippen molar-refractivity contribution >= 4 is 23.2 Å². The van der Waals surface area contributed by atoms with Gasteiger partial charge in [0.15, 0.2) is 0 Å². The van der Waals surface area contributed by atoms with Gasteiger partial charge in [-0.05, 0) is 41.8 Å². The summed E-state index contributed by atoms with van der Waals surface area (Å²) >= 11 is 12.0. The molecule has 6 heteroatoms. The van der Waals surface area contributed by atoms with E-state index in [0.29, 0.717) is 17.0 Å². The van der Waals surface area contributed by atoms with Crippen molar-refractivity contribution in [2.45, 2.75) is 12.5 Å². The monoisotopic (exact) mass is 316 g/mol. The smallest absolute Gasteiger partial charge is 0.124 e. The van der Waals surface area contributed by atoms with E-state index >= 15 is 0 Å². The Balaban J connectivity index is 2.28. The van der Waals surface area contributed by atoms with Crippen LogP contribution in [-0.4, -0.2) is 0 Å². The van der Waals surface area contributed by atoms with Gasteiger partial charge in [-0.3, -0.25) is 11.3 Å². The second-order valence-corrected chi connectivity index (χ2v) is 5.14. The Morgan fingerprint density at radius 3 is 2.15 bits per heavy atom. The Morgan fingerprint density at radius 2 is 1.60 bits per heavy atom. The van der Waals surface area contributed by atoms with Crippen molar-refractivity contribution in [1.82, 2.24) is 5.43 Å². The highest BCUT2D eigenvalue weighted by atomic mass is 35.5. The van der Waals surface area contributed by atoms with Crippen LogP contribution in [0.25, 0.3) is 0 Å². The fraction of sp³-hybridized carbons (Fsp3) is 0.143. The van der Waals surface area contributed by atoms with Crippen molar-refractivity contribution in [3.63, 3.8) is 0 Å². The molecule has 2 aromatic rings. The topological polar surface area (TPSA) is 38.0 Å². The third-order valence-electron chi connectivity index (χ3n) is 2.98. The summed E-state index contributed by atoms with van der Waals surface area (Å²) in [5, 5.41) is 0.578. The van der Waals surface area contributed by atoms with E-state index in [4.69, 9.17) is 29.0 Å². The van der Waals surface area contributed by atoms with Gasteiger partial charge in [0.2, 0.25) is 0 Å². The fourth-order valence-corrected chi connectivity index (χ4v) is 2.49. The van der Waals surface area contributed by atoms with E-state index in [0.717, 1.165) is 5.56 Å². The number of rotatable bonds is 4. The van der Waals surface area contributed by atoms with E-state index in [-0.39, 0.29) is 11.1 Å². The summed E-state index contributed by atoms with van der Waals surface area (Å²) in [6, 6.07) is 7.85. The maximum absolute atomic E-state index is 13.1. The van der Waals surface area contributed by atoms with E-state index < -0.39 is 11.6 Å². The molecule has 0 aliphatic rings. The van der Waals surface area contributed by atoms with Gasteiger partial charge in [0, 0.05) is 10.0 Å². The summed E-state index contributed by atoms with van der Waals surface area (Å²) in [4.78, 5) is 0. The largest absolute Gasteiger partial charge is 0.271 e. The first-order valence-corrected chi connectivity index (χ1v) is 6.62. The summed E-state index contributed by atoms with van der Waals surface area (Å²) in [6.07, 6.45) is 0.404. The molecule has 0 aromatic heterocycles. The minimum atomic E-state index is -0.422. The summed E-state index contributed by atoms with van der Waals surface area (Å²) in [7, 11) is 0. The minimum Gasteiger partial charge on any atom is -0.271 e. The zero-order valence-electron chi connectivity index (χ0n) is 10.3. The molecule has 0 aliphatic carbocycles. The van der Waals surface area contributed by atoms with E-state index in [1.54, 1.807) is 12.1 Å². The lowest BCUT2D eigenvalue weighted by Gasteiger charge is -2.18. The normalized spacial score (nSPS) is 12.4. The van der Waals surface area contributed by atoms with Crippen LogP contribution in [0.2, 0.25) is 10.0 Å². The Kier molecular flexibility index (Phi) is 4.94. The van der Waals surface area contributed by atoms with Crippen LogP contribution in [-0.2, 0) is 6.42 Å². The second-order valence-electron chi connectivity index (χ2n) is 4.32. The number of hydrogen-bond donors (Lipinski definition) is 2. The third-order valence-corrected chi connectivity index (χ3v) is 3.66. The van der Waals surface area contributed by atoms with Crippen molar-refractivity contribution in [2.24, 2.45) is 5.84 Å². The lowest BCUT2D eigenvalue weighted by Crippen LogP contribution is -2.30. The summed E-state index contributed by atoms with van der Waals surface area (Å²) < 4.78 is 26.1. The van der Waals surface area contributed by atoms with Crippen LogP contribution in [0.5, 0.6) is 0 Å². The zero-order valence-corrected chi connectivity index (χ0v) is 11.8. The lowest BCUT2D eigenvalue weighted by molar-refractivity contribution is 0.548. The first kappa shape index (κ1) is 15.2. The Hall–Kier alpha value is -1.20. The highest BCUT2D eigenvalue weighted by Gasteiger charge is 2.16. The van der Waals surface area contributed by atoms with Gasteiger partial charge < -0.3 is 0 Å². The van der Waals surface area contributed by atoms with Crippen LogP contribution in [0.4, 0.5) is 8.78 Å². The van der Waals surface area contributed by atoms with E-state index in [9.17, 15) is 8.78 Å². The van der Waals surface area contributed by atoms with Crippen LogP contribution in [0.3, 0.4) is 0 Å². The van der Waals surface area contributed by atoms with Gasteiger partial charge in [-0.15, -0.1) is 0 Å². The summed E-state index contributed by atoms with van der Waals surface area (Å²) in [5.41, 5.74) is 3.98. The molecule has 0 radical (unpaired) electrons. The van der Waals surface area contributed by atoms with Crippen LogP contribution in [0.1, 0.15) is 17.2 Å². The fourth-order valence-electron chi connectivity index (χ4n) is 1.95. The van der Waals surface area contributed by atoms with Gasteiger partial charge in [0.05, 0.1) is 6.04 Å². The van der Waals surface area contributed by atoms with Crippen molar-refractivity contribution in [2.75, 3.05) is 0 Å². The summed E-state index contributed by atoms with van der Waals surface area (Å²) in [6.45, 7) is 0. The SMILES string of the molecule is NNC(Cc1ccc(F)cc1Cl)c1ccc(F)cc1Cl. The number of nitrogens with two attached hydrogens (primary N) is 1. The van der Waals surface area contributed by atoms with Crippen LogP contribution in [0.15, 0.2) is 36.4 Å². The van der Waals surface area contributed by atoms with Gasteiger partial charge >= 0.3 is 0 Å². The Labute approximate surface area is 125 Å². The Bertz CT molecular complexity index is 620. The molecule has 0 saturated heterocycles. The van der Waals surface area contributed by atoms with Crippen molar-refractivity contribution < 1.29 is 8.78 Å². The molecule has 2 nitrogen and oxygen atoms in total. The molecule has 106 valence electrons. The predicted molar refractivity (Wildman–Crippen MR) is 76.6 cm³/mol. The molecular formula is C14H12Cl2F2N2. The molecule has 2 rings (SSSR count). The molecule has 0 heterocycles. The molecule has 1 atom stereocenters. The van der Waals surface area contributed by atoms with E-state index in [1.807, 2.05) is 0 Å². The Morgan fingerprint density at radius 1 is 1.00 bits per heavy atom. The molecule has 1 unspecified atom stereocenters. The molecule has 0 fully saturated rings.